The van der Waals surface area contributed by atoms with E-state index in [1.165, 1.54) is 11.2 Å². The monoisotopic (exact) mass is 273 g/mol. The highest BCUT2D eigenvalue weighted by molar-refractivity contribution is 5.96. The summed E-state index contributed by atoms with van der Waals surface area (Å²) in [6.45, 7) is 0.262. The topological polar surface area (TPSA) is 91.0 Å². The molecule has 2 amide bonds. The number of benzene rings is 1. The summed E-state index contributed by atoms with van der Waals surface area (Å²) in [6, 6.07) is 8.75. The van der Waals surface area contributed by atoms with Gasteiger partial charge in [0.15, 0.2) is 0 Å². The van der Waals surface area contributed by atoms with Crippen LogP contribution in [-0.2, 0) is 11.3 Å². The molecule has 104 valence electrons. The first kappa shape index (κ1) is 13.7. The Hall–Kier alpha value is -2.70. The number of H-pyrrole nitrogens is 1. The molecule has 0 unspecified atom stereocenters. The second kappa shape index (κ2) is 6.46. The van der Waals surface area contributed by atoms with Crippen LogP contribution in [0, 0.1) is 0 Å². The highest BCUT2D eigenvalue weighted by atomic mass is 16.2. The Morgan fingerprint density at radius 1 is 1.30 bits per heavy atom. The van der Waals surface area contributed by atoms with E-state index in [1.54, 1.807) is 31.3 Å². The molecule has 7 nitrogen and oxygen atoms in total. The first-order chi connectivity index (χ1) is 9.66. The number of nitrogens with zero attached hydrogens (tertiary/aromatic N) is 3. The fourth-order valence-electron chi connectivity index (χ4n) is 1.60. The predicted octanol–water partition coefficient (Wildman–Crippen LogP) is 0.193. The molecule has 7 heteroatoms. The third-order valence-electron chi connectivity index (χ3n) is 2.71. The van der Waals surface area contributed by atoms with Gasteiger partial charge in [0.1, 0.15) is 12.2 Å². The first-order valence-electron chi connectivity index (χ1n) is 6.08. The van der Waals surface area contributed by atoms with Crippen molar-refractivity contribution in [3.63, 3.8) is 0 Å². The molecule has 1 heterocycles. The van der Waals surface area contributed by atoms with E-state index in [1.807, 2.05) is 6.07 Å². The van der Waals surface area contributed by atoms with E-state index in [2.05, 4.69) is 20.5 Å². The molecule has 0 fully saturated rings. The Labute approximate surface area is 116 Å². The van der Waals surface area contributed by atoms with Crippen molar-refractivity contribution in [1.82, 2.24) is 25.4 Å². The van der Waals surface area contributed by atoms with Crippen molar-refractivity contribution < 1.29 is 9.59 Å². The molecule has 0 aliphatic heterocycles. The molecule has 0 aliphatic rings. The standard InChI is InChI=1S/C13H15N5O2/c1-18(8-11-15-9-16-17-11)12(19)7-14-13(20)10-5-3-2-4-6-10/h2-6,9H,7-8H2,1H3,(H,14,20)(H,15,16,17). The number of hydrogen-bond acceptors (Lipinski definition) is 4. The predicted molar refractivity (Wildman–Crippen MR) is 71.6 cm³/mol. The smallest absolute Gasteiger partial charge is 0.251 e. The fourth-order valence-corrected chi connectivity index (χ4v) is 1.60. The molecular weight excluding hydrogens is 258 g/mol. The third kappa shape index (κ3) is 3.64. The summed E-state index contributed by atoms with van der Waals surface area (Å²) in [5.74, 6) is 0.118. The minimum Gasteiger partial charge on any atom is -0.343 e. The van der Waals surface area contributed by atoms with E-state index in [4.69, 9.17) is 0 Å². The maximum Gasteiger partial charge on any atom is 0.251 e. The van der Waals surface area contributed by atoms with Gasteiger partial charge in [0.2, 0.25) is 5.91 Å². The van der Waals surface area contributed by atoms with Gasteiger partial charge in [0.25, 0.3) is 5.91 Å². The number of carbonyl (C=O) groups is 2. The maximum absolute atomic E-state index is 11.9. The SMILES string of the molecule is CN(Cc1ncn[nH]1)C(=O)CNC(=O)c1ccccc1. The molecule has 20 heavy (non-hydrogen) atoms. The Morgan fingerprint density at radius 2 is 2.05 bits per heavy atom. The lowest BCUT2D eigenvalue weighted by molar-refractivity contribution is -0.129. The van der Waals surface area contributed by atoms with Crippen molar-refractivity contribution in [1.29, 1.82) is 0 Å². The van der Waals surface area contributed by atoms with E-state index in [9.17, 15) is 9.59 Å². The minimum atomic E-state index is -0.271. The Kier molecular flexibility index (Phi) is 4.43. The first-order valence-corrected chi connectivity index (χ1v) is 6.08. The number of rotatable bonds is 5. The van der Waals surface area contributed by atoms with Gasteiger partial charge in [0, 0.05) is 12.6 Å². The van der Waals surface area contributed by atoms with Gasteiger partial charge in [0.05, 0.1) is 13.1 Å². The van der Waals surface area contributed by atoms with Gasteiger partial charge in [-0.05, 0) is 12.1 Å². The highest BCUT2D eigenvalue weighted by Gasteiger charge is 2.12. The van der Waals surface area contributed by atoms with Gasteiger partial charge in [-0.15, -0.1) is 0 Å². The lowest BCUT2D eigenvalue weighted by atomic mass is 10.2. The number of amides is 2. The van der Waals surface area contributed by atoms with Crippen molar-refractivity contribution in [2.75, 3.05) is 13.6 Å². The van der Waals surface area contributed by atoms with Crippen molar-refractivity contribution >= 4 is 11.8 Å². The van der Waals surface area contributed by atoms with Crippen molar-refractivity contribution in [2.24, 2.45) is 0 Å². The molecule has 0 saturated heterocycles. The Morgan fingerprint density at radius 3 is 2.70 bits per heavy atom. The lowest BCUT2D eigenvalue weighted by Crippen LogP contribution is -2.38. The van der Waals surface area contributed by atoms with Gasteiger partial charge in [-0.2, -0.15) is 5.10 Å². The number of carbonyl (C=O) groups excluding carboxylic acids is 2. The van der Waals surface area contributed by atoms with Gasteiger partial charge in [-0.1, -0.05) is 18.2 Å². The fraction of sp³-hybridized carbons (Fsp3) is 0.231. The molecule has 0 saturated carbocycles. The minimum absolute atomic E-state index is 0.0572. The van der Waals surface area contributed by atoms with Crippen molar-refractivity contribution in [2.45, 2.75) is 6.54 Å². The van der Waals surface area contributed by atoms with Crippen LogP contribution < -0.4 is 5.32 Å². The summed E-state index contributed by atoms with van der Waals surface area (Å²) >= 11 is 0. The molecule has 2 N–H and O–H groups in total. The zero-order valence-electron chi connectivity index (χ0n) is 11.0. The van der Waals surface area contributed by atoms with Crippen LogP contribution >= 0.6 is 0 Å². The van der Waals surface area contributed by atoms with Crippen molar-refractivity contribution in [3.8, 4) is 0 Å². The Bertz CT molecular complexity index is 568. The average molecular weight is 273 g/mol. The quantitative estimate of drug-likeness (QED) is 0.813. The zero-order valence-corrected chi connectivity index (χ0v) is 11.0. The van der Waals surface area contributed by atoms with Crippen LogP contribution in [-0.4, -0.2) is 45.5 Å². The van der Waals surface area contributed by atoms with Gasteiger partial charge in [-0.25, -0.2) is 4.98 Å². The van der Waals surface area contributed by atoms with Crippen LogP contribution in [0.2, 0.25) is 0 Å². The Balaban J connectivity index is 1.81. The van der Waals surface area contributed by atoms with Crippen LogP contribution in [0.5, 0.6) is 0 Å². The van der Waals surface area contributed by atoms with E-state index in [0.717, 1.165) is 0 Å². The third-order valence-corrected chi connectivity index (χ3v) is 2.71. The second-order valence-electron chi connectivity index (χ2n) is 4.23. The van der Waals surface area contributed by atoms with Crippen LogP contribution in [0.1, 0.15) is 16.2 Å². The van der Waals surface area contributed by atoms with E-state index in [-0.39, 0.29) is 18.4 Å². The number of aromatic nitrogens is 3. The summed E-state index contributed by atoms with van der Waals surface area (Å²) in [5.41, 5.74) is 0.526. The molecule has 0 spiro atoms. The van der Waals surface area contributed by atoms with Crippen molar-refractivity contribution in [3.05, 3.63) is 48.0 Å². The van der Waals surface area contributed by atoms with Crippen LogP contribution in [0.4, 0.5) is 0 Å². The van der Waals surface area contributed by atoms with Crippen LogP contribution in [0.15, 0.2) is 36.7 Å². The number of nitrogens with one attached hydrogen (secondary N) is 2. The number of aromatic amines is 1. The summed E-state index contributed by atoms with van der Waals surface area (Å²) < 4.78 is 0. The largest absolute Gasteiger partial charge is 0.343 e. The number of likely N-dealkylation sites (N-methyl/N-ethyl adjacent to an activating group) is 1. The zero-order chi connectivity index (χ0) is 14.4. The van der Waals surface area contributed by atoms with Gasteiger partial charge in [-0.3, -0.25) is 14.7 Å². The van der Waals surface area contributed by atoms with E-state index < -0.39 is 0 Å². The molecule has 0 aliphatic carbocycles. The molecule has 0 bridgehead atoms. The lowest BCUT2D eigenvalue weighted by Gasteiger charge is -2.15. The molecule has 2 aromatic rings. The van der Waals surface area contributed by atoms with Crippen LogP contribution in [0.3, 0.4) is 0 Å². The summed E-state index contributed by atoms with van der Waals surface area (Å²) in [7, 11) is 1.64. The molecule has 1 aromatic heterocycles. The normalized spacial score (nSPS) is 10.1. The molecule has 0 radical (unpaired) electrons. The maximum atomic E-state index is 11.9. The summed E-state index contributed by atoms with van der Waals surface area (Å²) in [5, 5.41) is 8.96. The highest BCUT2D eigenvalue weighted by Crippen LogP contribution is 1.98. The van der Waals surface area contributed by atoms with Crippen LogP contribution in [0.25, 0.3) is 0 Å². The van der Waals surface area contributed by atoms with E-state index in [0.29, 0.717) is 17.9 Å². The number of hydrogen-bond donors (Lipinski definition) is 2. The second-order valence-corrected chi connectivity index (χ2v) is 4.23. The summed E-state index contributed by atoms with van der Waals surface area (Å²) in [4.78, 5) is 29.0. The molecule has 0 atom stereocenters. The molecular formula is C13H15N5O2. The van der Waals surface area contributed by atoms with Gasteiger partial charge >= 0.3 is 0 Å². The molecule has 1 aromatic carbocycles. The average Bonchev–Trinajstić information content (AvgIpc) is 2.98. The summed E-state index contributed by atoms with van der Waals surface area (Å²) in [6.07, 6.45) is 1.38. The molecule has 2 rings (SSSR count). The van der Waals surface area contributed by atoms with E-state index >= 15 is 0 Å². The van der Waals surface area contributed by atoms with Gasteiger partial charge < -0.3 is 10.2 Å².